The van der Waals surface area contributed by atoms with E-state index in [0.29, 0.717) is 5.82 Å². The number of pyridine rings is 1. The molecule has 2 rings (SSSR count). The van der Waals surface area contributed by atoms with Crippen LogP contribution in [0.5, 0.6) is 0 Å². The van der Waals surface area contributed by atoms with Gasteiger partial charge in [0.2, 0.25) is 0 Å². The predicted molar refractivity (Wildman–Crippen MR) is 65.9 cm³/mol. The second-order valence-corrected chi connectivity index (χ2v) is 3.81. The van der Waals surface area contributed by atoms with E-state index >= 15 is 0 Å². The number of hydrogen-bond donors (Lipinski definition) is 2. The van der Waals surface area contributed by atoms with Crippen LogP contribution in [0.4, 0.5) is 5.82 Å². The van der Waals surface area contributed by atoms with Crippen LogP contribution in [0.15, 0.2) is 42.6 Å². The molecule has 0 saturated heterocycles. The monoisotopic (exact) mass is 213 g/mol. The Balaban J connectivity index is 2.44. The first-order valence-electron chi connectivity index (χ1n) is 5.21. The number of nitrogen functional groups attached to an aromatic ring is 1. The number of hydrogen-bond acceptors (Lipinski definition) is 3. The highest BCUT2D eigenvalue weighted by Gasteiger charge is 2.13. The van der Waals surface area contributed by atoms with Crippen LogP contribution in [-0.2, 0) is 0 Å². The molecule has 0 saturated carbocycles. The summed E-state index contributed by atoms with van der Waals surface area (Å²) in [6.07, 6.45) is 1.67. The average Bonchev–Trinajstić information content (AvgIpc) is 2.29. The fraction of sp³-hybridized carbons (Fsp3) is 0.154. The zero-order valence-corrected chi connectivity index (χ0v) is 9.22. The molecule has 1 aromatic heterocycles. The summed E-state index contributed by atoms with van der Waals surface area (Å²) in [7, 11) is 0. The Kier molecular flexibility index (Phi) is 2.88. The molecule has 4 N–H and O–H groups in total. The quantitative estimate of drug-likeness (QED) is 0.802. The van der Waals surface area contributed by atoms with Gasteiger partial charge in [0.15, 0.2) is 0 Å². The molecule has 1 heterocycles. The van der Waals surface area contributed by atoms with E-state index in [4.69, 9.17) is 11.5 Å². The topological polar surface area (TPSA) is 64.9 Å². The summed E-state index contributed by atoms with van der Waals surface area (Å²) in [5.74, 6) is 0.498. The Labute approximate surface area is 95.1 Å². The van der Waals surface area contributed by atoms with Crippen LogP contribution in [0.1, 0.15) is 22.7 Å². The van der Waals surface area contributed by atoms with E-state index in [9.17, 15) is 0 Å². The molecule has 0 bridgehead atoms. The molecular weight excluding hydrogens is 198 g/mol. The molecule has 0 fully saturated rings. The Morgan fingerprint density at radius 2 is 1.75 bits per heavy atom. The van der Waals surface area contributed by atoms with Gasteiger partial charge >= 0.3 is 0 Å². The van der Waals surface area contributed by atoms with Crippen LogP contribution >= 0.6 is 0 Å². The molecule has 0 aliphatic carbocycles. The Hall–Kier alpha value is -1.87. The second kappa shape index (κ2) is 4.33. The van der Waals surface area contributed by atoms with Gasteiger partial charge in [0.25, 0.3) is 0 Å². The molecule has 82 valence electrons. The molecule has 2 aromatic rings. The summed E-state index contributed by atoms with van der Waals surface area (Å²) in [5.41, 5.74) is 15.1. The molecule has 3 heteroatoms. The molecule has 0 radical (unpaired) electrons. The predicted octanol–water partition coefficient (Wildman–Crippen LogP) is 2.02. The number of nitrogens with two attached hydrogens (primary N) is 2. The number of anilines is 1. The van der Waals surface area contributed by atoms with Crippen LogP contribution in [-0.4, -0.2) is 4.98 Å². The van der Waals surface area contributed by atoms with Crippen molar-refractivity contribution in [3.63, 3.8) is 0 Å². The number of nitrogens with zero attached hydrogens (tertiary/aromatic N) is 1. The smallest absolute Gasteiger partial charge is 0.128 e. The largest absolute Gasteiger partial charge is 0.383 e. The number of rotatable bonds is 2. The maximum absolute atomic E-state index is 6.20. The average molecular weight is 213 g/mol. The SMILES string of the molecule is Cc1ccccc1C(N)c1cccnc1N. The molecule has 16 heavy (non-hydrogen) atoms. The Morgan fingerprint density at radius 1 is 1.06 bits per heavy atom. The molecule has 0 amide bonds. The van der Waals surface area contributed by atoms with E-state index in [1.54, 1.807) is 6.20 Å². The van der Waals surface area contributed by atoms with Crippen LogP contribution in [0, 0.1) is 6.92 Å². The lowest BCUT2D eigenvalue weighted by Gasteiger charge is -2.16. The third-order valence-electron chi connectivity index (χ3n) is 2.73. The zero-order chi connectivity index (χ0) is 11.5. The van der Waals surface area contributed by atoms with Gasteiger partial charge in [-0.2, -0.15) is 0 Å². The van der Waals surface area contributed by atoms with Crippen molar-refractivity contribution < 1.29 is 0 Å². The van der Waals surface area contributed by atoms with Crippen LogP contribution < -0.4 is 11.5 Å². The van der Waals surface area contributed by atoms with Crippen molar-refractivity contribution in [1.82, 2.24) is 4.98 Å². The van der Waals surface area contributed by atoms with Gasteiger partial charge in [0.1, 0.15) is 5.82 Å². The van der Waals surface area contributed by atoms with Crippen molar-refractivity contribution >= 4 is 5.82 Å². The minimum atomic E-state index is -0.213. The van der Waals surface area contributed by atoms with Crippen molar-refractivity contribution in [1.29, 1.82) is 0 Å². The maximum atomic E-state index is 6.20. The molecule has 0 aliphatic heterocycles. The van der Waals surface area contributed by atoms with E-state index in [-0.39, 0.29) is 6.04 Å². The Bertz CT molecular complexity index is 449. The first kappa shape index (κ1) is 10.6. The van der Waals surface area contributed by atoms with Gasteiger partial charge in [-0.1, -0.05) is 30.3 Å². The van der Waals surface area contributed by atoms with Crippen LogP contribution in [0.2, 0.25) is 0 Å². The van der Waals surface area contributed by atoms with Gasteiger partial charge in [0, 0.05) is 11.8 Å². The minimum Gasteiger partial charge on any atom is -0.383 e. The van der Waals surface area contributed by atoms with E-state index < -0.39 is 0 Å². The van der Waals surface area contributed by atoms with Gasteiger partial charge in [-0.25, -0.2) is 4.98 Å². The fourth-order valence-corrected chi connectivity index (χ4v) is 1.80. The highest BCUT2D eigenvalue weighted by molar-refractivity contribution is 5.46. The molecular formula is C13H15N3. The van der Waals surface area contributed by atoms with Gasteiger partial charge < -0.3 is 11.5 Å². The summed E-state index contributed by atoms with van der Waals surface area (Å²) in [4.78, 5) is 4.05. The van der Waals surface area contributed by atoms with E-state index in [2.05, 4.69) is 4.98 Å². The van der Waals surface area contributed by atoms with Crippen molar-refractivity contribution in [2.75, 3.05) is 5.73 Å². The number of benzene rings is 1. The standard InChI is InChI=1S/C13H15N3/c1-9-5-2-3-6-10(9)12(14)11-7-4-8-16-13(11)15/h2-8,12H,14H2,1H3,(H2,15,16). The lowest BCUT2D eigenvalue weighted by molar-refractivity contribution is 0.858. The first-order chi connectivity index (χ1) is 7.70. The lowest BCUT2D eigenvalue weighted by Crippen LogP contribution is -2.15. The van der Waals surface area contributed by atoms with Crippen molar-refractivity contribution in [3.8, 4) is 0 Å². The zero-order valence-electron chi connectivity index (χ0n) is 9.22. The van der Waals surface area contributed by atoms with E-state index in [0.717, 1.165) is 11.1 Å². The third-order valence-corrected chi connectivity index (χ3v) is 2.73. The second-order valence-electron chi connectivity index (χ2n) is 3.81. The first-order valence-corrected chi connectivity index (χ1v) is 5.21. The van der Waals surface area contributed by atoms with Crippen LogP contribution in [0.3, 0.4) is 0 Å². The normalized spacial score (nSPS) is 12.4. The molecule has 1 unspecified atom stereocenters. The van der Waals surface area contributed by atoms with E-state index in [1.807, 2.05) is 43.3 Å². The van der Waals surface area contributed by atoms with Gasteiger partial charge in [-0.3, -0.25) is 0 Å². The van der Waals surface area contributed by atoms with Crippen molar-refractivity contribution in [2.24, 2.45) is 5.73 Å². The van der Waals surface area contributed by atoms with Crippen molar-refractivity contribution in [2.45, 2.75) is 13.0 Å². The van der Waals surface area contributed by atoms with Crippen molar-refractivity contribution in [3.05, 3.63) is 59.3 Å². The summed E-state index contributed by atoms with van der Waals surface area (Å²) < 4.78 is 0. The Morgan fingerprint density at radius 3 is 2.44 bits per heavy atom. The lowest BCUT2D eigenvalue weighted by atomic mass is 9.96. The highest BCUT2D eigenvalue weighted by atomic mass is 14.8. The fourth-order valence-electron chi connectivity index (χ4n) is 1.80. The molecule has 1 aromatic carbocycles. The number of aryl methyl sites for hydroxylation is 1. The summed E-state index contributed by atoms with van der Waals surface area (Å²) in [6, 6.07) is 11.6. The van der Waals surface area contributed by atoms with Gasteiger partial charge in [0.05, 0.1) is 6.04 Å². The summed E-state index contributed by atoms with van der Waals surface area (Å²) in [6.45, 7) is 2.04. The minimum absolute atomic E-state index is 0.213. The van der Waals surface area contributed by atoms with E-state index in [1.165, 1.54) is 5.56 Å². The maximum Gasteiger partial charge on any atom is 0.128 e. The highest BCUT2D eigenvalue weighted by Crippen LogP contribution is 2.24. The summed E-state index contributed by atoms with van der Waals surface area (Å²) in [5, 5.41) is 0. The third kappa shape index (κ3) is 1.90. The van der Waals surface area contributed by atoms with Gasteiger partial charge in [-0.15, -0.1) is 0 Å². The van der Waals surface area contributed by atoms with Crippen LogP contribution in [0.25, 0.3) is 0 Å². The molecule has 3 nitrogen and oxygen atoms in total. The molecule has 0 aliphatic rings. The van der Waals surface area contributed by atoms with Gasteiger partial charge in [-0.05, 0) is 24.1 Å². The molecule has 1 atom stereocenters. The summed E-state index contributed by atoms with van der Waals surface area (Å²) >= 11 is 0. The molecule has 0 spiro atoms. The number of aromatic nitrogens is 1.